The molecule has 0 radical (unpaired) electrons. The highest BCUT2D eigenvalue weighted by molar-refractivity contribution is 5.86. The van der Waals surface area contributed by atoms with E-state index in [4.69, 9.17) is 39.9 Å². The van der Waals surface area contributed by atoms with Crippen molar-refractivity contribution in [3.8, 4) is 11.5 Å². The molecule has 5 atom stereocenters. The van der Waals surface area contributed by atoms with E-state index >= 15 is 0 Å². The highest BCUT2D eigenvalue weighted by Crippen LogP contribution is 2.42. The highest BCUT2D eigenvalue weighted by atomic mass is 16.6. The van der Waals surface area contributed by atoms with Crippen LogP contribution in [-0.4, -0.2) is 114 Å². The zero-order chi connectivity index (χ0) is 45.7. The number of hydrogen-bond donors (Lipinski definition) is 3. The number of methoxy groups -OCH3 is 2. The quantitative estimate of drug-likeness (QED) is 0.0827. The van der Waals surface area contributed by atoms with Crippen molar-refractivity contribution in [1.82, 2.24) is 10.2 Å². The third-order valence-corrected chi connectivity index (χ3v) is 12.0. The minimum absolute atomic E-state index is 0.0124. The number of rotatable bonds is 23. The summed E-state index contributed by atoms with van der Waals surface area (Å²) in [6.07, 6.45) is 0.138. The molecule has 2 aliphatic rings. The Balaban J connectivity index is 1.40. The van der Waals surface area contributed by atoms with E-state index in [1.165, 1.54) is 11.3 Å². The van der Waals surface area contributed by atoms with E-state index in [9.17, 15) is 14.4 Å². The monoisotopic (exact) mass is 874 g/mol. The molecular weight excluding hydrogens is 803 g/mol. The Morgan fingerprint density at radius 3 is 2.29 bits per heavy atom. The second-order valence-electron chi connectivity index (χ2n) is 18.0. The van der Waals surface area contributed by atoms with Crippen LogP contribution in [0.15, 0.2) is 66.7 Å². The van der Waals surface area contributed by atoms with Crippen molar-refractivity contribution in [3.63, 3.8) is 0 Å². The summed E-state index contributed by atoms with van der Waals surface area (Å²) >= 11 is 0. The molecule has 0 aliphatic carbocycles. The van der Waals surface area contributed by atoms with Gasteiger partial charge in [0.15, 0.2) is 0 Å². The molecule has 63 heavy (non-hydrogen) atoms. The van der Waals surface area contributed by atoms with Crippen LogP contribution in [0, 0.1) is 11.8 Å². The fraction of sp³-hybridized carbons (Fsp3) is 0.571. The zero-order valence-corrected chi connectivity index (χ0v) is 38.6. The number of hydrogen-bond acceptors (Lipinski definition) is 12. The van der Waals surface area contributed by atoms with Gasteiger partial charge in [-0.05, 0) is 59.2 Å². The average molecular weight is 874 g/mol. The lowest BCUT2D eigenvalue weighted by Crippen LogP contribution is -2.59. The Kier molecular flexibility index (Phi) is 18.2. The van der Waals surface area contributed by atoms with Gasteiger partial charge < -0.3 is 55.0 Å². The van der Waals surface area contributed by atoms with Crippen molar-refractivity contribution in [3.05, 3.63) is 89.0 Å². The van der Waals surface area contributed by atoms with E-state index in [0.717, 1.165) is 42.0 Å². The molecule has 14 nitrogen and oxygen atoms in total. The number of esters is 1. The first-order valence-electron chi connectivity index (χ1n) is 22.3. The van der Waals surface area contributed by atoms with Crippen molar-refractivity contribution in [1.29, 1.82) is 0 Å². The smallest absolute Gasteiger partial charge is 0.329 e. The van der Waals surface area contributed by atoms with Gasteiger partial charge in [-0.3, -0.25) is 9.59 Å². The normalized spacial score (nSPS) is 19.1. The fourth-order valence-electron chi connectivity index (χ4n) is 8.39. The van der Waals surface area contributed by atoms with Crippen LogP contribution in [0.25, 0.3) is 0 Å². The topological polar surface area (TPSA) is 177 Å². The number of nitrogens with two attached hydrogens (primary N) is 2. The van der Waals surface area contributed by atoms with Gasteiger partial charge in [0.2, 0.25) is 11.8 Å². The number of fused-ring (bicyclic) bond motifs is 1. The van der Waals surface area contributed by atoms with Gasteiger partial charge in [-0.2, -0.15) is 0 Å². The Morgan fingerprint density at radius 2 is 1.60 bits per heavy atom. The van der Waals surface area contributed by atoms with Gasteiger partial charge in [-0.25, -0.2) is 4.79 Å². The highest BCUT2D eigenvalue weighted by Gasteiger charge is 2.45. The molecule has 0 aromatic heterocycles. The van der Waals surface area contributed by atoms with Crippen LogP contribution in [0.1, 0.15) is 82.6 Å². The molecule has 2 heterocycles. The molecule has 3 aromatic rings. The summed E-state index contributed by atoms with van der Waals surface area (Å²) in [6, 6.07) is 20.3. The number of para-hydroxylation sites is 1. The predicted octanol–water partition coefficient (Wildman–Crippen LogP) is 5.32. The number of nitrogens with zero attached hydrogens (tertiary/aromatic N) is 2. The molecule has 14 heteroatoms. The van der Waals surface area contributed by atoms with Crippen molar-refractivity contribution >= 4 is 23.5 Å². The SMILES string of the molecule is COCCCN1CC(C)(C)c2ccc(CO[C@H]3CN(C(=O)[C@@H](N)C(C)C)C[C@@H](OC(=O)[C@@H](NC(=O)CN)C(C)C)[C@@H]3c3ccc(OCCCOCc4ccccc4OC)cc3)cc21. The molecule has 0 saturated carbocycles. The summed E-state index contributed by atoms with van der Waals surface area (Å²) in [5.41, 5.74) is 17.4. The number of likely N-dealkylation sites (tertiary alicyclic amines) is 1. The lowest BCUT2D eigenvalue weighted by molar-refractivity contribution is -0.167. The van der Waals surface area contributed by atoms with Crippen LogP contribution < -0.4 is 31.2 Å². The zero-order valence-electron chi connectivity index (χ0n) is 38.6. The first-order valence-corrected chi connectivity index (χ1v) is 22.3. The van der Waals surface area contributed by atoms with Gasteiger partial charge in [0.1, 0.15) is 23.6 Å². The number of ether oxygens (including phenoxy) is 6. The van der Waals surface area contributed by atoms with Crippen LogP contribution >= 0.6 is 0 Å². The van der Waals surface area contributed by atoms with Gasteiger partial charge >= 0.3 is 5.97 Å². The fourth-order valence-corrected chi connectivity index (χ4v) is 8.39. The maximum atomic E-state index is 14.0. The number of carbonyl (C=O) groups excluding carboxylic acids is 3. The summed E-state index contributed by atoms with van der Waals surface area (Å²) in [5.74, 6) is -0.797. The van der Waals surface area contributed by atoms with Crippen LogP contribution in [0.4, 0.5) is 5.69 Å². The van der Waals surface area contributed by atoms with Crippen molar-refractivity contribution < 1.29 is 42.8 Å². The number of benzene rings is 3. The summed E-state index contributed by atoms with van der Waals surface area (Å²) in [4.78, 5) is 44.5. The lowest BCUT2D eigenvalue weighted by Gasteiger charge is -2.44. The molecule has 346 valence electrons. The minimum Gasteiger partial charge on any atom is -0.496 e. The third kappa shape index (κ3) is 13.2. The number of amides is 2. The molecule has 0 bridgehead atoms. The molecule has 1 fully saturated rings. The van der Waals surface area contributed by atoms with Gasteiger partial charge in [0.25, 0.3) is 0 Å². The summed E-state index contributed by atoms with van der Waals surface area (Å²) < 4.78 is 36.0. The second kappa shape index (κ2) is 23.3. The molecule has 5 rings (SSSR count). The van der Waals surface area contributed by atoms with E-state index in [2.05, 4.69) is 42.3 Å². The molecule has 2 amide bonds. The first-order chi connectivity index (χ1) is 30.2. The number of piperidine rings is 1. The molecular formula is C49H71N5O9. The van der Waals surface area contributed by atoms with E-state index in [1.54, 1.807) is 19.1 Å². The summed E-state index contributed by atoms with van der Waals surface area (Å²) in [7, 11) is 3.37. The van der Waals surface area contributed by atoms with Crippen molar-refractivity contribution in [2.45, 2.75) is 103 Å². The Hall–Kier alpha value is -4.73. The molecule has 0 unspecified atom stereocenters. The summed E-state index contributed by atoms with van der Waals surface area (Å²) in [6.45, 7) is 16.1. The van der Waals surface area contributed by atoms with Gasteiger partial charge in [0.05, 0.1) is 64.7 Å². The molecule has 2 aliphatic heterocycles. The molecule has 5 N–H and O–H groups in total. The van der Waals surface area contributed by atoms with Crippen molar-refractivity contribution in [2.24, 2.45) is 23.3 Å². The Bertz CT molecular complexity index is 1940. The van der Waals surface area contributed by atoms with Gasteiger partial charge in [-0.15, -0.1) is 0 Å². The van der Waals surface area contributed by atoms with Crippen LogP contribution in [-0.2, 0) is 52.0 Å². The largest absolute Gasteiger partial charge is 0.496 e. The van der Waals surface area contributed by atoms with E-state index in [0.29, 0.717) is 38.6 Å². The van der Waals surface area contributed by atoms with E-state index in [1.807, 2.05) is 76.2 Å². The van der Waals surface area contributed by atoms with Crippen LogP contribution in [0.2, 0.25) is 0 Å². The Morgan fingerprint density at radius 1 is 0.873 bits per heavy atom. The number of nitrogens with one attached hydrogen (secondary N) is 1. The van der Waals surface area contributed by atoms with E-state index in [-0.39, 0.29) is 49.4 Å². The molecule has 3 aromatic carbocycles. The molecule has 1 saturated heterocycles. The lowest BCUT2D eigenvalue weighted by atomic mass is 9.83. The second-order valence-corrected chi connectivity index (χ2v) is 18.0. The maximum Gasteiger partial charge on any atom is 0.329 e. The molecule has 0 spiro atoms. The van der Waals surface area contributed by atoms with Crippen LogP contribution in [0.5, 0.6) is 11.5 Å². The predicted molar refractivity (Wildman–Crippen MR) is 244 cm³/mol. The van der Waals surface area contributed by atoms with E-state index < -0.39 is 42.1 Å². The standard InChI is InChI=1S/C49H71N5O9/c1-32(2)45(51)47(56)54-27-41(62-29-34-15-20-38-39(25-34)53(21-11-22-58-7)31-49(38,5)6)44(42(28-54)63-48(57)46(33(3)4)52-43(55)26-50)35-16-18-37(19-17-35)61-24-12-23-60-30-36-13-9-10-14-40(36)59-8/h9-10,13-20,25,32-33,41-42,44-46H,11-12,21-24,26-31,50-51H2,1-8H3,(H,52,55)/t41-,42+,44+,45-,46-/m0/s1. The van der Waals surface area contributed by atoms with Crippen LogP contribution in [0.3, 0.4) is 0 Å². The first kappa shape index (κ1) is 49.3. The Labute approximate surface area is 374 Å². The number of anilines is 1. The van der Waals surface area contributed by atoms with Crippen molar-refractivity contribution in [2.75, 3.05) is 71.7 Å². The van der Waals surface area contributed by atoms with Gasteiger partial charge in [0, 0.05) is 56.4 Å². The maximum absolute atomic E-state index is 14.0. The number of carbonyl (C=O) groups is 3. The third-order valence-electron chi connectivity index (χ3n) is 12.0. The minimum atomic E-state index is -0.956. The summed E-state index contributed by atoms with van der Waals surface area (Å²) in [5, 5.41) is 2.72. The van der Waals surface area contributed by atoms with Gasteiger partial charge in [-0.1, -0.05) is 84.0 Å². The average Bonchev–Trinajstić information content (AvgIpc) is 3.53.